The fourth-order valence-electron chi connectivity index (χ4n) is 3.11. The number of nitrogens with zero attached hydrogens (tertiary/aromatic N) is 2. The number of rotatable bonds is 7. The van der Waals surface area contributed by atoms with E-state index in [1.807, 2.05) is 0 Å². The number of amides is 1. The van der Waals surface area contributed by atoms with Gasteiger partial charge in [0.15, 0.2) is 12.0 Å². The third-order valence-corrected chi connectivity index (χ3v) is 4.44. The van der Waals surface area contributed by atoms with Gasteiger partial charge in [0.25, 0.3) is 5.91 Å². The second kappa shape index (κ2) is 9.28. The van der Waals surface area contributed by atoms with E-state index in [-0.39, 0.29) is 18.5 Å². The molecule has 1 saturated heterocycles. The zero-order chi connectivity index (χ0) is 22.6. The number of esters is 1. The SMILES string of the molecule is COc1ccc(CN2C(=O)[C@H](F)C[C@H]2C(=O)/C(=C\N(C)C)C(=O)OC(C)(C)C)cc1. The Hall–Kier alpha value is -2.90. The normalized spacial score (nSPS) is 19.6. The summed E-state index contributed by atoms with van der Waals surface area (Å²) in [7, 11) is 4.85. The van der Waals surface area contributed by atoms with E-state index in [9.17, 15) is 18.8 Å². The van der Waals surface area contributed by atoms with Gasteiger partial charge >= 0.3 is 5.97 Å². The van der Waals surface area contributed by atoms with Crippen molar-refractivity contribution < 1.29 is 28.2 Å². The molecule has 2 atom stereocenters. The van der Waals surface area contributed by atoms with Crippen LogP contribution in [0, 0.1) is 0 Å². The number of alkyl halides is 1. The number of ether oxygens (including phenoxy) is 2. The molecule has 2 rings (SSSR count). The number of ketones is 1. The first-order valence-corrected chi connectivity index (χ1v) is 9.66. The van der Waals surface area contributed by atoms with Crippen molar-refractivity contribution >= 4 is 17.7 Å². The molecule has 1 aromatic carbocycles. The van der Waals surface area contributed by atoms with E-state index in [4.69, 9.17) is 9.47 Å². The number of methoxy groups -OCH3 is 1. The quantitative estimate of drug-likeness (QED) is 0.292. The standard InChI is InChI=1S/C22H29FN2O5/c1-22(2,3)30-21(28)16(13-24(4)5)19(26)18-11-17(23)20(27)25(18)12-14-7-9-15(29-6)10-8-14/h7-10,13,17-18H,11-12H2,1-6H3/b16-13+/t17-,18+/m1/s1. The van der Waals surface area contributed by atoms with Crippen LogP contribution in [0.1, 0.15) is 32.8 Å². The number of Topliss-reactive ketones (excluding diaryl/α,β-unsaturated/α-hetero) is 1. The lowest BCUT2D eigenvalue weighted by Crippen LogP contribution is -2.41. The lowest BCUT2D eigenvalue weighted by Gasteiger charge is -2.26. The summed E-state index contributed by atoms with van der Waals surface area (Å²) < 4.78 is 24.7. The van der Waals surface area contributed by atoms with Crippen LogP contribution in [0.3, 0.4) is 0 Å². The lowest BCUT2D eigenvalue weighted by molar-refractivity contribution is -0.151. The van der Waals surface area contributed by atoms with Gasteiger partial charge in [-0.1, -0.05) is 12.1 Å². The van der Waals surface area contributed by atoms with Gasteiger partial charge in [-0.2, -0.15) is 0 Å². The summed E-state index contributed by atoms with van der Waals surface area (Å²) in [4.78, 5) is 41.0. The molecule has 8 heteroatoms. The molecule has 0 unspecified atom stereocenters. The molecule has 0 saturated carbocycles. The Balaban J connectivity index is 2.32. The van der Waals surface area contributed by atoms with Crippen LogP contribution in [0.4, 0.5) is 4.39 Å². The molecule has 1 aliphatic rings. The molecule has 0 spiro atoms. The predicted octanol–water partition coefficient (Wildman–Crippen LogP) is 2.49. The van der Waals surface area contributed by atoms with Gasteiger partial charge in [-0.05, 0) is 38.5 Å². The topological polar surface area (TPSA) is 76.2 Å². The molecule has 0 bridgehead atoms. The fourth-order valence-corrected chi connectivity index (χ4v) is 3.11. The molecule has 7 nitrogen and oxygen atoms in total. The Morgan fingerprint density at radius 3 is 2.33 bits per heavy atom. The molecule has 0 aromatic heterocycles. The van der Waals surface area contributed by atoms with Crippen molar-refractivity contribution in [2.45, 2.75) is 51.6 Å². The molecular weight excluding hydrogens is 391 g/mol. The van der Waals surface area contributed by atoms with Crippen LogP contribution in [-0.2, 0) is 25.7 Å². The largest absolute Gasteiger partial charge is 0.497 e. The molecule has 1 aliphatic heterocycles. The summed E-state index contributed by atoms with van der Waals surface area (Å²) >= 11 is 0. The van der Waals surface area contributed by atoms with E-state index in [1.54, 1.807) is 59.1 Å². The number of carbonyl (C=O) groups is 3. The summed E-state index contributed by atoms with van der Waals surface area (Å²) in [5, 5.41) is 0. The molecule has 1 fully saturated rings. The summed E-state index contributed by atoms with van der Waals surface area (Å²) in [5.74, 6) is -1.57. The third-order valence-electron chi connectivity index (χ3n) is 4.44. The van der Waals surface area contributed by atoms with Crippen molar-refractivity contribution in [1.82, 2.24) is 9.80 Å². The maximum Gasteiger partial charge on any atom is 0.343 e. The second-order valence-electron chi connectivity index (χ2n) is 8.41. The minimum absolute atomic E-state index is 0.0449. The summed E-state index contributed by atoms with van der Waals surface area (Å²) in [6, 6.07) is 5.83. The molecular formula is C22H29FN2O5. The highest BCUT2D eigenvalue weighted by Crippen LogP contribution is 2.28. The van der Waals surface area contributed by atoms with Crippen molar-refractivity contribution in [1.29, 1.82) is 0 Å². The van der Waals surface area contributed by atoms with Gasteiger partial charge in [-0.25, -0.2) is 9.18 Å². The smallest absolute Gasteiger partial charge is 0.343 e. The molecule has 0 aliphatic carbocycles. The van der Waals surface area contributed by atoms with Crippen LogP contribution >= 0.6 is 0 Å². The van der Waals surface area contributed by atoms with Crippen LogP contribution in [0.2, 0.25) is 0 Å². The first kappa shape index (κ1) is 23.4. The van der Waals surface area contributed by atoms with Crippen LogP contribution in [0.15, 0.2) is 36.0 Å². The first-order chi connectivity index (χ1) is 13.9. The molecule has 1 aromatic rings. The average Bonchev–Trinajstić information content (AvgIpc) is 2.93. The monoisotopic (exact) mass is 420 g/mol. The molecule has 0 N–H and O–H groups in total. The maximum absolute atomic E-state index is 14.3. The van der Waals surface area contributed by atoms with Crippen LogP contribution in [-0.4, -0.2) is 66.5 Å². The van der Waals surface area contributed by atoms with Crippen LogP contribution in [0.5, 0.6) is 5.75 Å². The molecule has 164 valence electrons. The van der Waals surface area contributed by atoms with E-state index in [0.29, 0.717) is 11.3 Å². The molecule has 30 heavy (non-hydrogen) atoms. The Morgan fingerprint density at radius 1 is 1.23 bits per heavy atom. The number of hydrogen-bond donors (Lipinski definition) is 0. The molecule has 1 amide bonds. The minimum atomic E-state index is -1.79. The Morgan fingerprint density at radius 2 is 1.83 bits per heavy atom. The van der Waals surface area contributed by atoms with E-state index in [0.717, 1.165) is 0 Å². The van der Waals surface area contributed by atoms with Gasteiger partial charge in [-0.3, -0.25) is 9.59 Å². The van der Waals surface area contributed by atoms with Gasteiger partial charge in [0.05, 0.1) is 13.2 Å². The highest BCUT2D eigenvalue weighted by Gasteiger charge is 2.45. The number of benzene rings is 1. The fraction of sp³-hybridized carbons (Fsp3) is 0.500. The van der Waals surface area contributed by atoms with E-state index >= 15 is 0 Å². The van der Waals surface area contributed by atoms with E-state index in [2.05, 4.69) is 0 Å². The van der Waals surface area contributed by atoms with Crippen molar-refractivity contribution in [2.75, 3.05) is 21.2 Å². The van der Waals surface area contributed by atoms with Gasteiger partial charge in [0.1, 0.15) is 16.9 Å². The van der Waals surface area contributed by atoms with Gasteiger partial charge < -0.3 is 19.3 Å². The first-order valence-electron chi connectivity index (χ1n) is 9.66. The summed E-state index contributed by atoms with van der Waals surface area (Å²) in [6.45, 7) is 5.11. The van der Waals surface area contributed by atoms with Crippen molar-refractivity contribution in [3.8, 4) is 5.75 Å². The third kappa shape index (κ3) is 5.81. The van der Waals surface area contributed by atoms with Gasteiger partial charge in [0.2, 0.25) is 0 Å². The van der Waals surface area contributed by atoms with E-state index < -0.39 is 35.5 Å². The average molecular weight is 420 g/mol. The lowest BCUT2D eigenvalue weighted by atomic mass is 10.0. The summed E-state index contributed by atoms with van der Waals surface area (Å²) in [5.41, 5.74) is -0.312. The van der Waals surface area contributed by atoms with Gasteiger partial charge in [0, 0.05) is 33.3 Å². The zero-order valence-corrected chi connectivity index (χ0v) is 18.3. The number of halogens is 1. The maximum atomic E-state index is 14.3. The number of hydrogen-bond acceptors (Lipinski definition) is 6. The van der Waals surface area contributed by atoms with Crippen molar-refractivity contribution in [3.63, 3.8) is 0 Å². The van der Waals surface area contributed by atoms with Crippen LogP contribution in [0.25, 0.3) is 0 Å². The Labute approximate surface area is 176 Å². The predicted molar refractivity (Wildman–Crippen MR) is 109 cm³/mol. The van der Waals surface area contributed by atoms with Crippen molar-refractivity contribution in [2.24, 2.45) is 0 Å². The zero-order valence-electron chi connectivity index (χ0n) is 18.3. The molecule has 0 radical (unpaired) electrons. The Kier molecular flexibility index (Phi) is 7.23. The highest BCUT2D eigenvalue weighted by atomic mass is 19.1. The number of carbonyl (C=O) groups excluding carboxylic acids is 3. The second-order valence-corrected chi connectivity index (χ2v) is 8.41. The minimum Gasteiger partial charge on any atom is -0.497 e. The van der Waals surface area contributed by atoms with Crippen molar-refractivity contribution in [3.05, 3.63) is 41.6 Å². The van der Waals surface area contributed by atoms with E-state index in [1.165, 1.54) is 23.1 Å². The van der Waals surface area contributed by atoms with Gasteiger partial charge in [-0.15, -0.1) is 0 Å². The Bertz CT molecular complexity index is 827. The van der Waals surface area contributed by atoms with Crippen LogP contribution < -0.4 is 4.74 Å². The summed E-state index contributed by atoms with van der Waals surface area (Å²) in [6.07, 6.45) is -0.754. The molecule has 1 heterocycles. The number of likely N-dealkylation sites (tertiary alicyclic amines) is 1. The highest BCUT2D eigenvalue weighted by molar-refractivity contribution is 6.20.